The smallest absolute Gasteiger partial charge is 0.133 e. The third-order valence-electron chi connectivity index (χ3n) is 4.19. The van der Waals surface area contributed by atoms with E-state index >= 15 is 0 Å². The highest BCUT2D eigenvalue weighted by Gasteiger charge is 2.41. The van der Waals surface area contributed by atoms with Crippen LogP contribution in [-0.2, 0) is 4.74 Å². The Kier molecular flexibility index (Phi) is 2.76. The Hall–Kier alpha value is -1.84. The number of fused-ring (bicyclic) bond motifs is 5. The van der Waals surface area contributed by atoms with Gasteiger partial charge in [0.25, 0.3) is 0 Å². The molecule has 2 heterocycles. The van der Waals surface area contributed by atoms with Crippen molar-refractivity contribution in [3.05, 3.63) is 59.7 Å². The Balaban J connectivity index is 1.89. The Bertz CT molecular complexity index is 584. The lowest BCUT2D eigenvalue weighted by Crippen LogP contribution is -2.11. The zero-order valence-corrected chi connectivity index (χ0v) is 11.0. The predicted octanol–water partition coefficient (Wildman–Crippen LogP) is 3.40. The van der Waals surface area contributed by atoms with Gasteiger partial charge in [-0.05, 0) is 18.6 Å². The van der Waals surface area contributed by atoms with Crippen molar-refractivity contribution >= 4 is 0 Å². The van der Waals surface area contributed by atoms with E-state index in [1.807, 2.05) is 36.4 Å². The second-order valence-electron chi connectivity index (χ2n) is 5.38. The summed E-state index contributed by atoms with van der Waals surface area (Å²) in [7, 11) is 0. The minimum absolute atomic E-state index is 0.0352. The Labute approximate surface area is 117 Å². The van der Waals surface area contributed by atoms with Gasteiger partial charge in [0.05, 0.1) is 18.8 Å². The second-order valence-corrected chi connectivity index (χ2v) is 5.38. The zero-order chi connectivity index (χ0) is 13.5. The molecule has 3 atom stereocenters. The number of aliphatic hydroxyl groups excluding tert-OH is 1. The molecule has 1 fully saturated rings. The Morgan fingerprint density at radius 2 is 1.60 bits per heavy atom. The first kappa shape index (κ1) is 11.9. The van der Waals surface area contributed by atoms with E-state index in [9.17, 15) is 5.11 Å². The van der Waals surface area contributed by atoms with Gasteiger partial charge in [-0.1, -0.05) is 36.4 Å². The molecule has 3 heteroatoms. The van der Waals surface area contributed by atoms with Crippen molar-refractivity contribution in [2.24, 2.45) is 0 Å². The van der Waals surface area contributed by atoms with E-state index in [1.54, 1.807) is 0 Å². The Morgan fingerprint density at radius 1 is 0.950 bits per heavy atom. The summed E-state index contributed by atoms with van der Waals surface area (Å²) >= 11 is 0. The number of hydrogen-bond donors (Lipinski definition) is 1. The van der Waals surface area contributed by atoms with Crippen LogP contribution in [0.2, 0.25) is 0 Å². The summed E-state index contributed by atoms with van der Waals surface area (Å²) in [4.78, 5) is 0. The van der Waals surface area contributed by atoms with Crippen LogP contribution >= 0.6 is 0 Å². The van der Waals surface area contributed by atoms with Gasteiger partial charge < -0.3 is 14.6 Å². The van der Waals surface area contributed by atoms with Gasteiger partial charge in [-0.2, -0.15) is 0 Å². The van der Waals surface area contributed by atoms with Crippen LogP contribution in [0.5, 0.6) is 11.5 Å². The summed E-state index contributed by atoms with van der Waals surface area (Å²) in [5.41, 5.74) is 2.24. The van der Waals surface area contributed by atoms with Crippen LogP contribution in [0.15, 0.2) is 48.5 Å². The Morgan fingerprint density at radius 3 is 2.35 bits per heavy atom. The van der Waals surface area contributed by atoms with E-state index < -0.39 is 0 Å². The summed E-state index contributed by atoms with van der Waals surface area (Å²) < 4.78 is 12.1. The predicted molar refractivity (Wildman–Crippen MR) is 75.0 cm³/mol. The van der Waals surface area contributed by atoms with Crippen LogP contribution in [0.25, 0.3) is 0 Å². The van der Waals surface area contributed by atoms with Crippen molar-refractivity contribution < 1.29 is 14.6 Å². The fourth-order valence-electron chi connectivity index (χ4n) is 3.27. The van der Waals surface area contributed by atoms with E-state index in [1.165, 1.54) is 5.56 Å². The molecular formula is C17H16O3. The molecular weight excluding hydrogens is 252 g/mol. The second kappa shape index (κ2) is 4.62. The molecule has 20 heavy (non-hydrogen) atoms. The molecule has 102 valence electrons. The van der Waals surface area contributed by atoms with Crippen molar-refractivity contribution in [3.63, 3.8) is 0 Å². The molecule has 0 radical (unpaired) electrons. The number of para-hydroxylation sites is 2. The van der Waals surface area contributed by atoms with Crippen LogP contribution in [0.4, 0.5) is 0 Å². The van der Waals surface area contributed by atoms with Crippen LogP contribution in [0, 0.1) is 0 Å². The largest absolute Gasteiger partial charge is 0.457 e. The highest BCUT2D eigenvalue weighted by molar-refractivity contribution is 5.49. The summed E-state index contributed by atoms with van der Waals surface area (Å²) in [5, 5.41) is 9.42. The maximum atomic E-state index is 9.42. The molecule has 2 aliphatic heterocycles. The number of benzene rings is 2. The molecule has 0 bridgehead atoms. The van der Waals surface area contributed by atoms with Crippen LogP contribution < -0.4 is 4.74 Å². The maximum absolute atomic E-state index is 9.42. The number of aliphatic hydroxyl groups is 1. The summed E-state index contributed by atoms with van der Waals surface area (Å²) in [6.07, 6.45) is 0.701. The number of hydrogen-bond acceptors (Lipinski definition) is 3. The van der Waals surface area contributed by atoms with E-state index in [0.717, 1.165) is 23.5 Å². The monoisotopic (exact) mass is 268 g/mol. The molecule has 1 saturated heterocycles. The molecule has 0 unspecified atom stereocenters. The average Bonchev–Trinajstić information content (AvgIpc) is 2.87. The van der Waals surface area contributed by atoms with E-state index in [0.29, 0.717) is 0 Å². The SMILES string of the molecule is OC[C@@H]1C[C@@H]2c3ccccc3Oc3ccccc3[C@@H]2O1. The number of ether oxygens (including phenoxy) is 2. The summed E-state index contributed by atoms with van der Waals surface area (Å²) in [6, 6.07) is 16.1. The highest BCUT2D eigenvalue weighted by Crippen LogP contribution is 2.52. The standard InChI is InChI=1S/C17H16O3/c18-10-11-9-14-12-5-1-3-7-15(12)20-16-8-4-2-6-13(16)17(14)19-11/h1-8,11,14,17-18H,9-10H2/t11-,14+,17-/m0/s1. The maximum Gasteiger partial charge on any atom is 0.133 e. The first-order valence-corrected chi connectivity index (χ1v) is 6.99. The van der Waals surface area contributed by atoms with E-state index in [4.69, 9.17) is 9.47 Å². The van der Waals surface area contributed by atoms with Gasteiger partial charge in [0.15, 0.2) is 0 Å². The molecule has 2 aliphatic rings. The lowest BCUT2D eigenvalue weighted by atomic mass is 9.88. The molecule has 0 saturated carbocycles. The van der Waals surface area contributed by atoms with Gasteiger partial charge >= 0.3 is 0 Å². The minimum atomic E-state index is -0.0933. The van der Waals surface area contributed by atoms with Gasteiger partial charge in [0, 0.05) is 17.0 Å². The van der Waals surface area contributed by atoms with Gasteiger partial charge in [-0.15, -0.1) is 0 Å². The summed E-state index contributed by atoms with van der Waals surface area (Å²) in [5.74, 6) is 1.99. The fraction of sp³-hybridized carbons (Fsp3) is 0.294. The molecule has 1 N–H and O–H groups in total. The topological polar surface area (TPSA) is 38.7 Å². The van der Waals surface area contributed by atoms with Crippen molar-refractivity contribution in [1.29, 1.82) is 0 Å². The van der Waals surface area contributed by atoms with Crippen LogP contribution in [-0.4, -0.2) is 17.8 Å². The lowest BCUT2D eigenvalue weighted by Gasteiger charge is -2.17. The third-order valence-corrected chi connectivity index (χ3v) is 4.19. The normalized spacial score (nSPS) is 26.9. The first-order valence-electron chi connectivity index (χ1n) is 6.99. The summed E-state index contributed by atoms with van der Waals surface area (Å²) in [6.45, 7) is 0.0676. The molecule has 3 nitrogen and oxygen atoms in total. The van der Waals surface area contributed by atoms with Crippen LogP contribution in [0.1, 0.15) is 29.6 Å². The molecule has 0 amide bonds. The molecule has 2 aromatic rings. The third kappa shape index (κ3) is 1.74. The van der Waals surface area contributed by atoms with E-state index in [-0.39, 0.29) is 24.7 Å². The molecule has 0 aromatic heterocycles. The fourth-order valence-corrected chi connectivity index (χ4v) is 3.27. The lowest BCUT2D eigenvalue weighted by molar-refractivity contribution is 0.00836. The van der Waals surface area contributed by atoms with Gasteiger partial charge in [-0.25, -0.2) is 0 Å². The highest BCUT2D eigenvalue weighted by atomic mass is 16.5. The average molecular weight is 268 g/mol. The van der Waals surface area contributed by atoms with Crippen molar-refractivity contribution in [2.75, 3.05) is 6.61 Å². The molecule has 4 rings (SSSR count). The van der Waals surface area contributed by atoms with Crippen LogP contribution in [0.3, 0.4) is 0 Å². The van der Waals surface area contributed by atoms with Gasteiger partial charge in [0.1, 0.15) is 11.5 Å². The van der Waals surface area contributed by atoms with Crippen molar-refractivity contribution in [3.8, 4) is 11.5 Å². The zero-order valence-electron chi connectivity index (χ0n) is 11.0. The first-order chi connectivity index (χ1) is 9.86. The number of rotatable bonds is 1. The van der Waals surface area contributed by atoms with Gasteiger partial charge in [-0.3, -0.25) is 0 Å². The molecule has 0 spiro atoms. The quantitative estimate of drug-likeness (QED) is 0.861. The molecule has 2 aromatic carbocycles. The van der Waals surface area contributed by atoms with Gasteiger partial charge in [0.2, 0.25) is 0 Å². The van der Waals surface area contributed by atoms with Crippen molar-refractivity contribution in [1.82, 2.24) is 0 Å². The van der Waals surface area contributed by atoms with Crippen molar-refractivity contribution in [2.45, 2.75) is 24.5 Å². The molecule has 0 aliphatic carbocycles. The van der Waals surface area contributed by atoms with E-state index in [2.05, 4.69) is 12.1 Å². The minimum Gasteiger partial charge on any atom is -0.457 e.